The SMILES string of the molecule is CN=C(NCc1cccc(CN(C)C)c1)N1CCN(S(=O)(=O)CCOC(C)C)CC1. The quantitative estimate of drug-likeness (QED) is 0.460. The van der Waals surface area contributed by atoms with Crippen molar-refractivity contribution in [3.8, 4) is 0 Å². The molecule has 1 heterocycles. The van der Waals surface area contributed by atoms with E-state index < -0.39 is 10.0 Å². The van der Waals surface area contributed by atoms with Crippen molar-refractivity contribution in [2.75, 3.05) is 59.7 Å². The maximum Gasteiger partial charge on any atom is 0.216 e. The van der Waals surface area contributed by atoms with E-state index in [0.29, 0.717) is 32.7 Å². The van der Waals surface area contributed by atoms with Gasteiger partial charge in [0, 0.05) is 46.3 Å². The van der Waals surface area contributed by atoms with Crippen LogP contribution in [0.4, 0.5) is 0 Å². The molecule has 1 aromatic carbocycles. The highest BCUT2D eigenvalue weighted by Gasteiger charge is 2.28. The molecule has 30 heavy (non-hydrogen) atoms. The molecule has 2 rings (SSSR count). The van der Waals surface area contributed by atoms with E-state index in [9.17, 15) is 8.42 Å². The number of aliphatic imine (C=N–C) groups is 1. The van der Waals surface area contributed by atoms with Crippen LogP contribution in [-0.4, -0.2) is 94.3 Å². The summed E-state index contributed by atoms with van der Waals surface area (Å²) in [5.41, 5.74) is 2.47. The molecular formula is C21H37N5O3S. The average Bonchev–Trinajstić information content (AvgIpc) is 2.68. The van der Waals surface area contributed by atoms with Gasteiger partial charge in [-0.3, -0.25) is 4.99 Å². The molecule has 0 bridgehead atoms. The van der Waals surface area contributed by atoms with E-state index >= 15 is 0 Å². The number of nitrogens with one attached hydrogen (secondary N) is 1. The molecule has 0 saturated carbocycles. The molecule has 0 atom stereocenters. The number of guanidine groups is 1. The zero-order valence-electron chi connectivity index (χ0n) is 19.0. The van der Waals surface area contributed by atoms with Crippen LogP contribution in [0.3, 0.4) is 0 Å². The fraction of sp³-hybridized carbons (Fsp3) is 0.667. The van der Waals surface area contributed by atoms with Gasteiger partial charge in [-0.1, -0.05) is 24.3 Å². The number of piperazine rings is 1. The van der Waals surface area contributed by atoms with Crippen LogP contribution < -0.4 is 5.32 Å². The number of sulfonamides is 1. The van der Waals surface area contributed by atoms with E-state index in [4.69, 9.17) is 4.74 Å². The van der Waals surface area contributed by atoms with E-state index in [1.807, 2.05) is 13.8 Å². The van der Waals surface area contributed by atoms with Crippen LogP contribution in [0.25, 0.3) is 0 Å². The molecule has 1 saturated heterocycles. The van der Waals surface area contributed by atoms with Crippen molar-refractivity contribution in [1.29, 1.82) is 0 Å². The molecule has 9 heteroatoms. The standard InChI is InChI=1S/C21H37N5O3S/c1-18(2)29-13-14-30(27,28)26-11-9-25(10-12-26)21(22-3)23-16-19-7-6-8-20(15-19)17-24(4)5/h6-8,15,18H,9-14,16-17H2,1-5H3,(H,22,23). The first-order chi connectivity index (χ1) is 14.2. The van der Waals surface area contributed by atoms with Gasteiger partial charge in [0.05, 0.1) is 18.5 Å². The molecule has 1 aliphatic heterocycles. The lowest BCUT2D eigenvalue weighted by molar-refractivity contribution is 0.0904. The van der Waals surface area contributed by atoms with Crippen LogP contribution in [0.5, 0.6) is 0 Å². The Bertz CT molecular complexity index is 788. The fourth-order valence-corrected chi connectivity index (χ4v) is 4.70. The minimum atomic E-state index is -3.29. The highest BCUT2D eigenvalue weighted by atomic mass is 32.2. The molecule has 0 unspecified atom stereocenters. The second-order valence-electron chi connectivity index (χ2n) is 8.08. The van der Waals surface area contributed by atoms with Gasteiger partial charge in [-0.05, 0) is 39.1 Å². The Morgan fingerprint density at radius 1 is 1.20 bits per heavy atom. The van der Waals surface area contributed by atoms with Gasteiger partial charge < -0.3 is 19.9 Å². The first-order valence-electron chi connectivity index (χ1n) is 10.5. The third kappa shape index (κ3) is 7.86. The van der Waals surface area contributed by atoms with E-state index in [1.165, 1.54) is 11.1 Å². The Balaban J connectivity index is 1.85. The smallest absolute Gasteiger partial charge is 0.216 e. The Labute approximate surface area is 181 Å². The number of hydrogen-bond acceptors (Lipinski definition) is 5. The topological polar surface area (TPSA) is 77.5 Å². The molecule has 8 nitrogen and oxygen atoms in total. The third-order valence-corrected chi connectivity index (χ3v) is 6.71. The first-order valence-corrected chi connectivity index (χ1v) is 12.1. The number of benzene rings is 1. The van der Waals surface area contributed by atoms with E-state index in [1.54, 1.807) is 11.4 Å². The Morgan fingerprint density at radius 3 is 2.47 bits per heavy atom. The molecule has 0 spiro atoms. The Kier molecular flexibility index (Phi) is 9.54. The van der Waals surface area contributed by atoms with E-state index in [2.05, 4.69) is 58.5 Å². The van der Waals surface area contributed by atoms with Crippen LogP contribution in [0, 0.1) is 0 Å². The fourth-order valence-electron chi connectivity index (χ4n) is 3.41. The lowest BCUT2D eigenvalue weighted by atomic mass is 10.1. The summed E-state index contributed by atoms with van der Waals surface area (Å²) in [4.78, 5) is 8.65. The first kappa shape index (κ1) is 24.6. The summed E-state index contributed by atoms with van der Waals surface area (Å²) in [6.45, 7) is 7.78. The van der Waals surface area contributed by atoms with Crippen LogP contribution in [0.2, 0.25) is 0 Å². The van der Waals surface area contributed by atoms with Crippen molar-refractivity contribution in [1.82, 2.24) is 19.4 Å². The van der Waals surface area contributed by atoms with Crippen LogP contribution >= 0.6 is 0 Å². The monoisotopic (exact) mass is 439 g/mol. The van der Waals surface area contributed by atoms with Gasteiger partial charge in [0.2, 0.25) is 10.0 Å². The molecule has 0 amide bonds. The molecule has 1 aliphatic rings. The van der Waals surface area contributed by atoms with Gasteiger partial charge in [0.15, 0.2) is 5.96 Å². The molecule has 0 aliphatic carbocycles. The lowest BCUT2D eigenvalue weighted by Crippen LogP contribution is -2.54. The van der Waals surface area contributed by atoms with Gasteiger partial charge in [0.1, 0.15) is 0 Å². The average molecular weight is 440 g/mol. The molecular weight excluding hydrogens is 402 g/mol. The van der Waals surface area contributed by atoms with E-state index in [0.717, 1.165) is 12.5 Å². The van der Waals surface area contributed by atoms with Crippen molar-refractivity contribution in [2.45, 2.75) is 33.0 Å². The molecule has 1 N–H and O–H groups in total. The summed E-state index contributed by atoms with van der Waals surface area (Å²) in [6.07, 6.45) is 0.0371. The number of nitrogens with zero attached hydrogens (tertiary/aromatic N) is 4. The largest absolute Gasteiger partial charge is 0.378 e. The van der Waals surface area contributed by atoms with Gasteiger partial charge in [-0.15, -0.1) is 0 Å². The minimum Gasteiger partial charge on any atom is -0.378 e. The molecule has 170 valence electrons. The van der Waals surface area contributed by atoms with Crippen molar-refractivity contribution < 1.29 is 13.2 Å². The molecule has 1 aromatic rings. The van der Waals surface area contributed by atoms with Crippen LogP contribution in [0.15, 0.2) is 29.3 Å². The minimum absolute atomic E-state index is 0.0292. The van der Waals surface area contributed by atoms with Crippen molar-refractivity contribution in [3.05, 3.63) is 35.4 Å². The van der Waals surface area contributed by atoms with Gasteiger partial charge in [-0.2, -0.15) is 4.31 Å². The zero-order valence-corrected chi connectivity index (χ0v) is 19.8. The zero-order chi connectivity index (χ0) is 22.1. The molecule has 0 radical (unpaired) electrons. The van der Waals surface area contributed by atoms with Crippen LogP contribution in [0.1, 0.15) is 25.0 Å². The highest BCUT2D eigenvalue weighted by Crippen LogP contribution is 2.10. The summed E-state index contributed by atoms with van der Waals surface area (Å²) in [5, 5.41) is 3.41. The summed E-state index contributed by atoms with van der Waals surface area (Å²) in [5.74, 6) is 0.828. The predicted molar refractivity (Wildman–Crippen MR) is 122 cm³/mol. The van der Waals surface area contributed by atoms with E-state index in [-0.39, 0.29) is 18.5 Å². The van der Waals surface area contributed by atoms with Crippen LogP contribution in [-0.2, 0) is 27.8 Å². The number of rotatable bonds is 9. The maximum atomic E-state index is 12.5. The maximum absolute atomic E-state index is 12.5. The third-order valence-electron chi connectivity index (χ3n) is 4.88. The predicted octanol–water partition coefficient (Wildman–Crippen LogP) is 1.20. The normalized spacial score (nSPS) is 16.5. The highest BCUT2D eigenvalue weighted by molar-refractivity contribution is 7.89. The Hall–Kier alpha value is -1.68. The Morgan fingerprint density at radius 2 is 1.87 bits per heavy atom. The van der Waals surface area contributed by atoms with Gasteiger partial charge in [-0.25, -0.2) is 8.42 Å². The summed E-state index contributed by atoms with van der Waals surface area (Å²) in [6, 6.07) is 8.50. The summed E-state index contributed by atoms with van der Waals surface area (Å²) < 4.78 is 32.0. The van der Waals surface area contributed by atoms with Crippen molar-refractivity contribution in [2.24, 2.45) is 4.99 Å². The summed E-state index contributed by atoms with van der Waals surface area (Å²) >= 11 is 0. The second-order valence-corrected chi connectivity index (χ2v) is 10.2. The molecule has 1 fully saturated rings. The second kappa shape index (κ2) is 11.6. The summed E-state index contributed by atoms with van der Waals surface area (Å²) in [7, 11) is 2.59. The van der Waals surface area contributed by atoms with Crippen molar-refractivity contribution >= 4 is 16.0 Å². The van der Waals surface area contributed by atoms with Gasteiger partial charge >= 0.3 is 0 Å². The lowest BCUT2D eigenvalue weighted by Gasteiger charge is -2.35. The number of hydrogen-bond donors (Lipinski definition) is 1. The number of ether oxygens (including phenoxy) is 1. The van der Waals surface area contributed by atoms with Crippen molar-refractivity contribution in [3.63, 3.8) is 0 Å². The molecule has 0 aromatic heterocycles. The van der Waals surface area contributed by atoms with Gasteiger partial charge in [0.25, 0.3) is 0 Å².